The zero-order valence-electron chi connectivity index (χ0n) is 11.7. The molecule has 2 rings (SSSR count). The number of nitrogens with zero attached hydrogens (tertiary/aromatic N) is 3. The molecule has 2 N–H and O–H groups in total. The number of benzene rings is 1. The maximum Gasteiger partial charge on any atom is 0.461 e. The summed E-state index contributed by atoms with van der Waals surface area (Å²) >= 11 is 0. The lowest BCUT2D eigenvalue weighted by Crippen LogP contribution is -2.35. The van der Waals surface area contributed by atoms with Crippen LogP contribution in [0.2, 0.25) is 0 Å². The average molecular weight is 320 g/mol. The van der Waals surface area contributed by atoms with E-state index in [1.807, 2.05) is 0 Å². The molecule has 2 aromatic rings. The van der Waals surface area contributed by atoms with E-state index in [4.69, 9.17) is 5.73 Å². The number of nitrogen functional groups attached to an aromatic ring is 1. The van der Waals surface area contributed by atoms with E-state index in [2.05, 4.69) is 10.1 Å². The molecule has 0 fully saturated rings. The van der Waals surface area contributed by atoms with Crippen molar-refractivity contribution in [2.45, 2.75) is 32.5 Å². The van der Waals surface area contributed by atoms with Gasteiger partial charge >= 0.3 is 12.1 Å². The molecule has 0 aliphatic heterocycles. The van der Waals surface area contributed by atoms with Crippen LogP contribution in [-0.4, -0.2) is 20.9 Å². The van der Waals surface area contributed by atoms with E-state index in [-0.39, 0.29) is 12.4 Å². The van der Waals surface area contributed by atoms with Gasteiger partial charge in [0, 0.05) is 5.69 Å². The first-order valence-electron chi connectivity index (χ1n) is 6.24. The van der Waals surface area contributed by atoms with Crippen molar-refractivity contribution in [3.8, 4) is 0 Å². The number of hydrogen-bond acceptors (Lipinski definition) is 3. The number of nitrogens with two attached hydrogens (primary N) is 1. The molecule has 0 saturated carbocycles. The molecule has 120 valence electrons. The Morgan fingerprint density at radius 1 is 1.14 bits per heavy atom. The fourth-order valence-electron chi connectivity index (χ4n) is 1.84. The van der Waals surface area contributed by atoms with Crippen molar-refractivity contribution in [3.63, 3.8) is 0 Å². The minimum absolute atomic E-state index is 0.0217. The van der Waals surface area contributed by atoms with Crippen molar-refractivity contribution < 1.29 is 22.0 Å². The minimum atomic E-state index is -5.73. The lowest BCUT2D eigenvalue weighted by molar-refractivity contribution is -0.292. The highest BCUT2D eigenvalue weighted by atomic mass is 19.4. The molecule has 0 saturated heterocycles. The van der Waals surface area contributed by atoms with Gasteiger partial charge in [-0.2, -0.15) is 22.0 Å². The molecule has 0 aliphatic rings. The standard InChI is InChI=1S/C13H13F5N4/c1-7-5-9(3-4-10(7)19)6-22-8(2)20-11(21-22)12(14,15)13(16,17)18/h3-5H,6,19H2,1-2H3. The monoisotopic (exact) mass is 320 g/mol. The molecular formula is C13H13F5N4. The molecule has 0 spiro atoms. The Bertz CT molecular complexity index is 690. The van der Waals surface area contributed by atoms with Crippen LogP contribution in [-0.2, 0) is 12.5 Å². The fraction of sp³-hybridized carbons (Fsp3) is 0.385. The predicted octanol–water partition coefficient (Wildman–Crippen LogP) is 3.18. The van der Waals surface area contributed by atoms with E-state index in [1.165, 1.54) is 6.92 Å². The van der Waals surface area contributed by atoms with Crippen LogP contribution >= 0.6 is 0 Å². The number of anilines is 1. The Morgan fingerprint density at radius 3 is 2.32 bits per heavy atom. The fourth-order valence-corrected chi connectivity index (χ4v) is 1.84. The molecule has 1 aromatic heterocycles. The predicted molar refractivity (Wildman–Crippen MR) is 69.4 cm³/mol. The summed E-state index contributed by atoms with van der Waals surface area (Å²) in [6, 6.07) is 4.98. The van der Waals surface area contributed by atoms with Gasteiger partial charge in [0.05, 0.1) is 6.54 Å². The molecule has 0 unspecified atom stereocenters. The van der Waals surface area contributed by atoms with Gasteiger partial charge < -0.3 is 5.73 Å². The van der Waals surface area contributed by atoms with Crippen molar-refractivity contribution in [1.29, 1.82) is 0 Å². The Morgan fingerprint density at radius 2 is 1.77 bits per heavy atom. The third-order valence-electron chi connectivity index (χ3n) is 3.16. The molecular weight excluding hydrogens is 307 g/mol. The van der Waals surface area contributed by atoms with E-state index < -0.39 is 17.9 Å². The highest BCUT2D eigenvalue weighted by molar-refractivity contribution is 5.47. The van der Waals surface area contributed by atoms with Crippen LogP contribution in [0.4, 0.5) is 27.6 Å². The van der Waals surface area contributed by atoms with E-state index in [0.717, 1.165) is 10.2 Å². The first kappa shape index (κ1) is 16.2. The topological polar surface area (TPSA) is 56.7 Å². The van der Waals surface area contributed by atoms with Crippen molar-refractivity contribution in [1.82, 2.24) is 14.8 Å². The summed E-state index contributed by atoms with van der Waals surface area (Å²) < 4.78 is 64.5. The van der Waals surface area contributed by atoms with Crippen LogP contribution in [0.15, 0.2) is 18.2 Å². The van der Waals surface area contributed by atoms with Crippen LogP contribution in [0, 0.1) is 13.8 Å². The summed E-state index contributed by atoms with van der Waals surface area (Å²) in [7, 11) is 0. The third-order valence-corrected chi connectivity index (χ3v) is 3.16. The summed E-state index contributed by atoms with van der Waals surface area (Å²) in [5.41, 5.74) is 7.66. The number of aryl methyl sites for hydroxylation is 2. The van der Waals surface area contributed by atoms with Gasteiger partial charge in [-0.25, -0.2) is 9.67 Å². The highest BCUT2D eigenvalue weighted by Gasteiger charge is 2.61. The lowest BCUT2D eigenvalue weighted by Gasteiger charge is -2.15. The lowest BCUT2D eigenvalue weighted by atomic mass is 10.1. The second kappa shape index (κ2) is 5.22. The van der Waals surface area contributed by atoms with Crippen LogP contribution in [0.3, 0.4) is 0 Å². The summed E-state index contributed by atoms with van der Waals surface area (Å²) in [4.78, 5) is 3.24. The van der Waals surface area contributed by atoms with Gasteiger partial charge in [0.15, 0.2) is 0 Å². The maximum atomic E-state index is 13.2. The van der Waals surface area contributed by atoms with Crippen LogP contribution in [0.1, 0.15) is 22.8 Å². The van der Waals surface area contributed by atoms with Crippen molar-refractivity contribution in [2.24, 2.45) is 0 Å². The maximum absolute atomic E-state index is 13.2. The Hall–Kier alpha value is -2.19. The molecule has 22 heavy (non-hydrogen) atoms. The zero-order chi connectivity index (χ0) is 16.7. The summed E-state index contributed by atoms with van der Waals surface area (Å²) in [6.07, 6.45) is -5.73. The van der Waals surface area contributed by atoms with Gasteiger partial charge in [-0.15, -0.1) is 5.10 Å². The van der Waals surface area contributed by atoms with Gasteiger partial charge in [-0.05, 0) is 31.0 Å². The number of aromatic nitrogens is 3. The highest BCUT2D eigenvalue weighted by Crippen LogP contribution is 2.42. The van der Waals surface area contributed by atoms with Crippen molar-refractivity contribution in [3.05, 3.63) is 41.0 Å². The van der Waals surface area contributed by atoms with Crippen LogP contribution in [0.25, 0.3) is 0 Å². The van der Waals surface area contributed by atoms with Crippen molar-refractivity contribution >= 4 is 5.69 Å². The average Bonchev–Trinajstić information content (AvgIpc) is 2.75. The van der Waals surface area contributed by atoms with E-state index in [9.17, 15) is 22.0 Å². The molecule has 1 heterocycles. The van der Waals surface area contributed by atoms with Gasteiger partial charge in [-0.1, -0.05) is 12.1 Å². The van der Waals surface area contributed by atoms with Crippen molar-refractivity contribution in [2.75, 3.05) is 5.73 Å². The van der Waals surface area contributed by atoms with Crippen LogP contribution < -0.4 is 5.73 Å². The normalized spacial score (nSPS) is 12.7. The molecule has 1 aromatic carbocycles. The molecule has 0 amide bonds. The quantitative estimate of drug-likeness (QED) is 0.698. The minimum Gasteiger partial charge on any atom is -0.399 e. The van der Waals surface area contributed by atoms with E-state index in [0.29, 0.717) is 11.3 Å². The van der Waals surface area contributed by atoms with E-state index >= 15 is 0 Å². The Balaban J connectivity index is 2.32. The smallest absolute Gasteiger partial charge is 0.399 e. The molecule has 9 heteroatoms. The largest absolute Gasteiger partial charge is 0.461 e. The zero-order valence-corrected chi connectivity index (χ0v) is 11.7. The number of rotatable bonds is 3. The Kier molecular flexibility index (Phi) is 3.84. The van der Waals surface area contributed by atoms with E-state index in [1.54, 1.807) is 25.1 Å². The third kappa shape index (κ3) is 2.88. The molecule has 0 aliphatic carbocycles. The molecule has 0 atom stereocenters. The second-order valence-corrected chi connectivity index (χ2v) is 4.90. The number of alkyl halides is 5. The van der Waals surface area contributed by atoms with Gasteiger partial charge in [-0.3, -0.25) is 0 Å². The van der Waals surface area contributed by atoms with Gasteiger partial charge in [0.1, 0.15) is 5.82 Å². The second-order valence-electron chi connectivity index (χ2n) is 4.90. The van der Waals surface area contributed by atoms with Crippen LogP contribution in [0.5, 0.6) is 0 Å². The molecule has 4 nitrogen and oxygen atoms in total. The molecule has 0 bridgehead atoms. The number of hydrogen-bond donors (Lipinski definition) is 1. The summed E-state index contributed by atoms with van der Waals surface area (Å²) in [5.74, 6) is -6.67. The first-order valence-corrected chi connectivity index (χ1v) is 6.24. The van der Waals surface area contributed by atoms with Gasteiger partial charge in [0.2, 0.25) is 5.82 Å². The Labute approximate surface area is 122 Å². The first-order chi connectivity index (χ1) is 10.0. The SMILES string of the molecule is Cc1cc(Cn2nc(C(F)(F)C(F)(F)F)nc2C)ccc1N. The molecule has 0 radical (unpaired) electrons. The summed E-state index contributed by atoms with van der Waals surface area (Å²) in [6.45, 7) is 3.09. The summed E-state index contributed by atoms with van der Waals surface area (Å²) in [5, 5.41) is 3.30. The van der Waals surface area contributed by atoms with Gasteiger partial charge in [0.25, 0.3) is 0 Å². The number of halogens is 5.